The molecule has 1 N–H and O–H groups in total. The molecule has 0 fully saturated rings. The minimum absolute atomic E-state index is 0.196. The van der Waals surface area contributed by atoms with Crippen LogP contribution in [0.1, 0.15) is 32.8 Å². The summed E-state index contributed by atoms with van der Waals surface area (Å²) in [7, 11) is 0. The van der Waals surface area contributed by atoms with Crippen LogP contribution in [-0.2, 0) is 6.42 Å². The van der Waals surface area contributed by atoms with Gasteiger partial charge in [0.15, 0.2) is 0 Å². The lowest BCUT2D eigenvalue weighted by Crippen LogP contribution is -2.33. The smallest absolute Gasteiger partial charge is 0.137 e. The highest BCUT2D eigenvalue weighted by Crippen LogP contribution is 2.27. The first kappa shape index (κ1) is 14.7. The molecule has 96 valence electrons. The third-order valence-electron chi connectivity index (χ3n) is 3.27. The summed E-state index contributed by atoms with van der Waals surface area (Å²) in [6.45, 7) is 8.57. The van der Waals surface area contributed by atoms with Gasteiger partial charge in [-0.1, -0.05) is 26.8 Å². The molecule has 1 rings (SSSR count). The normalized spacial score (nSPS) is 14.6. The Balaban J connectivity index is 2.76. The predicted molar refractivity (Wildman–Crippen MR) is 74.7 cm³/mol. The molecule has 1 unspecified atom stereocenters. The van der Waals surface area contributed by atoms with Crippen molar-refractivity contribution in [3.63, 3.8) is 0 Å². The van der Waals surface area contributed by atoms with E-state index >= 15 is 0 Å². The molecule has 0 aliphatic carbocycles. The molecule has 0 saturated heterocycles. The Hall–Kier alpha value is -0.410. The predicted octanol–water partition coefficient (Wildman–Crippen LogP) is 4.16. The van der Waals surface area contributed by atoms with E-state index < -0.39 is 0 Å². The zero-order valence-electron chi connectivity index (χ0n) is 10.8. The lowest BCUT2D eigenvalue weighted by molar-refractivity contribution is 0.293. The van der Waals surface area contributed by atoms with Crippen molar-refractivity contribution < 1.29 is 4.39 Å². The van der Waals surface area contributed by atoms with Gasteiger partial charge in [0.25, 0.3) is 0 Å². The fourth-order valence-corrected chi connectivity index (χ4v) is 2.31. The number of rotatable bonds is 6. The molecule has 0 bridgehead atoms. The molecule has 17 heavy (non-hydrogen) atoms. The van der Waals surface area contributed by atoms with Gasteiger partial charge in [-0.25, -0.2) is 4.39 Å². The number of hydrogen-bond acceptors (Lipinski definition) is 1. The van der Waals surface area contributed by atoms with Crippen molar-refractivity contribution >= 4 is 15.9 Å². The SMILES string of the molecule is CCNCC(C)(CC)Cc1ccc(F)c(Br)c1. The zero-order valence-corrected chi connectivity index (χ0v) is 12.4. The average molecular weight is 302 g/mol. The second-order valence-corrected chi connectivity index (χ2v) is 5.72. The summed E-state index contributed by atoms with van der Waals surface area (Å²) in [6, 6.07) is 5.29. The van der Waals surface area contributed by atoms with E-state index in [-0.39, 0.29) is 11.2 Å². The zero-order chi connectivity index (χ0) is 12.9. The van der Waals surface area contributed by atoms with E-state index in [0.717, 1.165) is 25.9 Å². The Morgan fingerprint density at radius 3 is 2.59 bits per heavy atom. The number of nitrogens with one attached hydrogen (secondary N) is 1. The highest BCUT2D eigenvalue weighted by atomic mass is 79.9. The van der Waals surface area contributed by atoms with Crippen molar-refractivity contribution in [2.45, 2.75) is 33.6 Å². The molecule has 0 radical (unpaired) electrons. The minimum Gasteiger partial charge on any atom is -0.316 e. The lowest BCUT2D eigenvalue weighted by Gasteiger charge is -2.28. The van der Waals surface area contributed by atoms with Gasteiger partial charge in [-0.15, -0.1) is 0 Å². The van der Waals surface area contributed by atoms with Crippen LogP contribution in [0.15, 0.2) is 22.7 Å². The highest BCUT2D eigenvalue weighted by Gasteiger charge is 2.22. The maximum Gasteiger partial charge on any atom is 0.137 e. The van der Waals surface area contributed by atoms with Gasteiger partial charge in [0.2, 0.25) is 0 Å². The summed E-state index contributed by atoms with van der Waals surface area (Å²) in [4.78, 5) is 0. The third-order valence-corrected chi connectivity index (χ3v) is 3.88. The molecule has 0 spiro atoms. The maximum atomic E-state index is 13.2. The lowest BCUT2D eigenvalue weighted by atomic mass is 9.81. The largest absolute Gasteiger partial charge is 0.316 e. The fourth-order valence-electron chi connectivity index (χ4n) is 1.88. The molecule has 0 saturated carbocycles. The van der Waals surface area contributed by atoms with Crippen LogP contribution in [0, 0.1) is 11.2 Å². The number of benzene rings is 1. The Bertz CT molecular complexity index is 367. The Morgan fingerprint density at radius 1 is 1.35 bits per heavy atom. The summed E-state index contributed by atoms with van der Waals surface area (Å²) in [5.74, 6) is -0.196. The van der Waals surface area contributed by atoms with Crippen LogP contribution in [0.4, 0.5) is 4.39 Å². The summed E-state index contributed by atoms with van der Waals surface area (Å²) in [5.41, 5.74) is 1.41. The molecular weight excluding hydrogens is 281 g/mol. The Kier molecular flexibility index (Phi) is 5.60. The fraction of sp³-hybridized carbons (Fsp3) is 0.571. The second-order valence-electron chi connectivity index (χ2n) is 4.87. The first-order chi connectivity index (χ1) is 8.00. The summed E-state index contributed by atoms with van der Waals surface area (Å²) < 4.78 is 13.7. The van der Waals surface area contributed by atoms with Crippen LogP contribution >= 0.6 is 15.9 Å². The Morgan fingerprint density at radius 2 is 2.06 bits per heavy atom. The average Bonchev–Trinajstić information content (AvgIpc) is 2.31. The molecule has 0 aliphatic rings. The quantitative estimate of drug-likeness (QED) is 0.832. The van der Waals surface area contributed by atoms with E-state index in [9.17, 15) is 4.39 Å². The summed E-state index contributed by atoms with van der Waals surface area (Å²) in [6.07, 6.45) is 2.07. The van der Waals surface area contributed by atoms with E-state index in [1.165, 1.54) is 11.6 Å². The molecular formula is C14H21BrFN. The second kappa shape index (κ2) is 6.50. The van der Waals surface area contributed by atoms with E-state index in [1.54, 1.807) is 0 Å². The maximum absolute atomic E-state index is 13.2. The van der Waals surface area contributed by atoms with Crippen LogP contribution < -0.4 is 5.32 Å². The van der Waals surface area contributed by atoms with E-state index in [1.807, 2.05) is 12.1 Å². The van der Waals surface area contributed by atoms with E-state index in [0.29, 0.717) is 4.47 Å². The van der Waals surface area contributed by atoms with Crippen molar-refractivity contribution in [2.75, 3.05) is 13.1 Å². The summed E-state index contributed by atoms with van der Waals surface area (Å²) >= 11 is 3.24. The standard InChI is InChI=1S/C14H21BrFN/c1-4-14(3,10-17-5-2)9-11-6-7-13(16)12(15)8-11/h6-8,17H,4-5,9-10H2,1-3H3. The molecule has 1 nitrogen and oxygen atoms in total. The molecule has 1 atom stereocenters. The Labute approximate surface area is 112 Å². The van der Waals surface area contributed by atoms with Gasteiger partial charge in [-0.05, 0) is 58.4 Å². The molecule has 3 heteroatoms. The van der Waals surface area contributed by atoms with Crippen molar-refractivity contribution in [1.82, 2.24) is 5.32 Å². The monoisotopic (exact) mass is 301 g/mol. The van der Waals surface area contributed by atoms with E-state index in [4.69, 9.17) is 0 Å². The first-order valence-electron chi connectivity index (χ1n) is 6.15. The van der Waals surface area contributed by atoms with Crippen molar-refractivity contribution in [1.29, 1.82) is 0 Å². The molecule has 0 aliphatic heterocycles. The van der Waals surface area contributed by atoms with Crippen LogP contribution in [0.5, 0.6) is 0 Å². The first-order valence-corrected chi connectivity index (χ1v) is 6.94. The summed E-state index contributed by atoms with van der Waals surface area (Å²) in [5, 5.41) is 3.40. The van der Waals surface area contributed by atoms with Crippen LogP contribution in [0.25, 0.3) is 0 Å². The van der Waals surface area contributed by atoms with Crippen LogP contribution in [0.2, 0.25) is 0 Å². The van der Waals surface area contributed by atoms with Gasteiger partial charge in [-0.2, -0.15) is 0 Å². The van der Waals surface area contributed by atoms with Gasteiger partial charge in [0.05, 0.1) is 4.47 Å². The minimum atomic E-state index is -0.196. The third kappa shape index (κ3) is 4.40. The molecule has 0 amide bonds. The van der Waals surface area contributed by atoms with Crippen LogP contribution in [0.3, 0.4) is 0 Å². The van der Waals surface area contributed by atoms with Crippen molar-refractivity contribution in [3.05, 3.63) is 34.1 Å². The molecule has 0 heterocycles. The van der Waals surface area contributed by atoms with Gasteiger partial charge in [0.1, 0.15) is 5.82 Å². The van der Waals surface area contributed by atoms with E-state index in [2.05, 4.69) is 42.0 Å². The number of hydrogen-bond donors (Lipinski definition) is 1. The highest BCUT2D eigenvalue weighted by molar-refractivity contribution is 9.10. The van der Waals surface area contributed by atoms with Crippen LogP contribution in [-0.4, -0.2) is 13.1 Å². The van der Waals surface area contributed by atoms with Gasteiger partial charge in [0, 0.05) is 6.54 Å². The molecule has 0 aromatic heterocycles. The topological polar surface area (TPSA) is 12.0 Å². The van der Waals surface area contributed by atoms with Gasteiger partial charge in [-0.3, -0.25) is 0 Å². The molecule has 1 aromatic carbocycles. The van der Waals surface area contributed by atoms with Gasteiger partial charge < -0.3 is 5.32 Å². The molecule has 1 aromatic rings. The van der Waals surface area contributed by atoms with Crippen molar-refractivity contribution in [3.8, 4) is 0 Å². The number of halogens is 2. The van der Waals surface area contributed by atoms with Gasteiger partial charge >= 0.3 is 0 Å². The van der Waals surface area contributed by atoms with Crippen molar-refractivity contribution in [2.24, 2.45) is 5.41 Å².